The first-order valence-corrected chi connectivity index (χ1v) is 5.73. The van der Waals surface area contributed by atoms with Crippen LogP contribution < -0.4 is 0 Å². The Morgan fingerprint density at radius 3 is 2.75 bits per heavy atom. The van der Waals surface area contributed by atoms with Crippen molar-refractivity contribution < 1.29 is 9.53 Å². The van der Waals surface area contributed by atoms with Gasteiger partial charge in [0.05, 0.1) is 12.0 Å². The van der Waals surface area contributed by atoms with E-state index in [1.807, 2.05) is 30.3 Å². The van der Waals surface area contributed by atoms with Gasteiger partial charge in [-0.2, -0.15) is 0 Å². The number of rotatable bonds is 1. The average Bonchev–Trinajstić information content (AvgIpc) is 2.74. The van der Waals surface area contributed by atoms with E-state index in [4.69, 9.17) is 4.74 Å². The van der Waals surface area contributed by atoms with E-state index >= 15 is 0 Å². The van der Waals surface area contributed by atoms with Crippen LogP contribution in [0.15, 0.2) is 42.2 Å². The molecule has 2 aliphatic rings. The molecular formula is C14H14O2. The molecule has 1 saturated heterocycles. The highest BCUT2D eigenvalue weighted by Crippen LogP contribution is 2.45. The van der Waals surface area contributed by atoms with Crippen molar-refractivity contribution in [3.8, 4) is 0 Å². The molecule has 0 N–H and O–H groups in total. The van der Waals surface area contributed by atoms with Gasteiger partial charge in [-0.15, -0.1) is 0 Å². The van der Waals surface area contributed by atoms with Crippen LogP contribution in [-0.4, -0.2) is 11.9 Å². The lowest BCUT2D eigenvalue weighted by Crippen LogP contribution is -2.14. The third kappa shape index (κ3) is 1.37. The molecular weight excluding hydrogens is 200 g/mol. The smallest absolute Gasteiger partial charge is 0.167 e. The average molecular weight is 214 g/mol. The molecule has 1 aromatic rings. The number of carbonyl (C=O) groups excluding carboxylic acids is 1. The van der Waals surface area contributed by atoms with Crippen LogP contribution in [0.5, 0.6) is 0 Å². The lowest BCUT2D eigenvalue weighted by molar-refractivity contribution is -0.116. The number of benzene rings is 1. The van der Waals surface area contributed by atoms with Gasteiger partial charge >= 0.3 is 0 Å². The molecule has 0 aromatic heterocycles. The fraction of sp³-hybridized carbons (Fsp3) is 0.357. The minimum absolute atomic E-state index is 0.0128. The topological polar surface area (TPSA) is 26.3 Å². The van der Waals surface area contributed by atoms with Crippen molar-refractivity contribution in [2.45, 2.75) is 25.4 Å². The van der Waals surface area contributed by atoms with Crippen molar-refractivity contribution in [3.63, 3.8) is 0 Å². The zero-order valence-electron chi connectivity index (χ0n) is 9.22. The Balaban J connectivity index is 1.96. The second kappa shape index (κ2) is 3.48. The number of ether oxygens (including phenoxy) is 1. The van der Waals surface area contributed by atoms with Gasteiger partial charge in [-0.1, -0.05) is 30.3 Å². The quantitative estimate of drug-likeness (QED) is 0.718. The standard InChI is InChI=1S/C14H14O2/c1-9-7-11-13(16-9)8-12(15)14(11)10-5-3-2-4-6-10/h2-6,8-9,11,14H,7H2,1H3/t9-,11+,14+/m1/s1. The van der Waals surface area contributed by atoms with E-state index in [9.17, 15) is 4.79 Å². The zero-order valence-corrected chi connectivity index (χ0v) is 9.22. The van der Waals surface area contributed by atoms with Gasteiger partial charge in [0.1, 0.15) is 5.76 Å². The maximum Gasteiger partial charge on any atom is 0.167 e. The molecule has 0 unspecified atom stereocenters. The van der Waals surface area contributed by atoms with E-state index in [1.165, 1.54) is 0 Å². The first-order valence-electron chi connectivity index (χ1n) is 5.73. The monoisotopic (exact) mass is 214 g/mol. The molecule has 1 aromatic carbocycles. The van der Waals surface area contributed by atoms with E-state index in [1.54, 1.807) is 6.08 Å². The van der Waals surface area contributed by atoms with E-state index in [0.29, 0.717) is 0 Å². The summed E-state index contributed by atoms with van der Waals surface area (Å²) in [5, 5.41) is 0. The number of hydrogen-bond acceptors (Lipinski definition) is 2. The number of hydrogen-bond donors (Lipinski definition) is 0. The molecule has 0 amide bonds. The predicted molar refractivity (Wildman–Crippen MR) is 60.9 cm³/mol. The van der Waals surface area contributed by atoms with Crippen LogP contribution in [0, 0.1) is 5.92 Å². The summed E-state index contributed by atoms with van der Waals surface area (Å²) < 4.78 is 5.65. The van der Waals surface area contributed by atoms with E-state index in [-0.39, 0.29) is 23.7 Å². The molecule has 0 spiro atoms. The van der Waals surface area contributed by atoms with Gasteiger partial charge in [-0.25, -0.2) is 0 Å². The molecule has 2 heteroatoms. The van der Waals surface area contributed by atoms with Crippen LogP contribution in [-0.2, 0) is 9.53 Å². The lowest BCUT2D eigenvalue weighted by Gasteiger charge is -2.15. The molecule has 3 atom stereocenters. The molecule has 0 bridgehead atoms. The fourth-order valence-electron chi connectivity index (χ4n) is 2.77. The van der Waals surface area contributed by atoms with Crippen LogP contribution in [0.25, 0.3) is 0 Å². The Labute approximate surface area is 94.9 Å². The maximum absolute atomic E-state index is 11.9. The predicted octanol–water partition coefficient (Wildman–Crippen LogP) is 2.66. The zero-order chi connectivity index (χ0) is 11.1. The molecule has 1 aliphatic heterocycles. The molecule has 0 radical (unpaired) electrons. The van der Waals surface area contributed by atoms with Gasteiger partial charge in [-0.05, 0) is 18.9 Å². The number of carbonyl (C=O) groups is 1. The van der Waals surface area contributed by atoms with E-state index in [2.05, 4.69) is 6.92 Å². The molecule has 1 heterocycles. The number of allylic oxidation sites excluding steroid dienone is 2. The van der Waals surface area contributed by atoms with Crippen molar-refractivity contribution in [1.29, 1.82) is 0 Å². The van der Waals surface area contributed by atoms with E-state index in [0.717, 1.165) is 17.7 Å². The Kier molecular flexibility index (Phi) is 2.10. The summed E-state index contributed by atoms with van der Waals surface area (Å²) >= 11 is 0. The Hall–Kier alpha value is -1.57. The second-order valence-electron chi connectivity index (χ2n) is 4.61. The summed E-state index contributed by atoms with van der Waals surface area (Å²) in [4.78, 5) is 11.9. The summed E-state index contributed by atoms with van der Waals surface area (Å²) in [7, 11) is 0. The third-order valence-electron chi connectivity index (χ3n) is 3.44. The van der Waals surface area contributed by atoms with Crippen molar-refractivity contribution in [3.05, 3.63) is 47.7 Å². The highest BCUT2D eigenvalue weighted by atomic mass is 16.5. The molecule has 3 rings (SSSR count). The fourth-order valence-corrected chi connectivity index (χ4v) is 2.77. The van der Waals surface area contributed by atoms with Crippen molar-refractivity contribution in [2.24, 2.45) is 5.92 Å². The summed E-state index contributed by atoms with van der Waals surface area (Å²) in [6.07, 6.45) is 2.89. The minimum atomic E-state index is -0.0128. The molecule has 82 valence electrons. The Morgan fingerprint density at radius 1 is 1.25 bits per heavy atom. The second-order valence-corrected chi connectivity index (χ2v) is 4.61. The molecule has 1 fully saturated rings. The third-order valence-corrected chi connectivity index (χ3v) is 3.44. The van der Waals surface area contributed by atoms with Crippen LogP contribution in [0.1, 0.15) is 24.8 Å². The van der Waals surface area contributed by atoms with Gasteiger partial charge < -0.3 is 4.74 Å². The van der Waals surface area contributed by atoms with Gasteiger partial charge in [0.25, 0.3) is 0 Å². The normalized spacial score (nSPS) is 32.2. The highest BCUT2D eigenvalue weighted by molar-refractivity contribution is 5.99. The Morgan fingerprint density at radius 2 is 2.00 bits per heavy atom. The van der Waals surface area contributed by atoms with Crippen LogP contribution >= 0.6 is 0 Å². The van der Waals surface area contributed by atoms with E-state index < -0.39 is 0 Å². The van der Waals surface area contributed by atoms with Gasteiger partial charge in [0, 0.05) is 12.0 Å². The number of ketones is 1. The van der Waals surface area contributed by atoms with Gasteiger partial charge in [0.2, 0.25) is 0 Å². The largest absolute Gasteiger partial charge is 0.495 e. The van der Waals surface area contributed by atoms with Crippen LogP contribution in [0.4, 0.5) is 0 Å². The molecule has 16 heavy (non-hydrogen) atoms. The summed E-state index contributed by atoms with van der Waals surface area (Å²) in [6.45, 7) is 2.06. The summed E-state index contributed by atoms with van der Waals surface area (Å²) in [5.74, 6) is 1.34. The Bertz CT molecular complexity index is 447. The number of fused-ring (bicyclic) bond motifs is 1. The summed E-state index contributed by atoms with van der Waals surface area (Å²) in [6, 6.07) is 10.0. The molecule has 1 aliphatic carbocycles. The SMILES string of the molecule is C[C@@H]1C[C@H]2C(=CC(=O)[C@H]2c2ccccc2)O1. The van der Waals surface area contributed by atoms with Crippen molar-refractivity contribution in [1.82, 2.24) is 0 Å². The van der Waals surface area contributed by atoms with Crippen LogP contribution in [0.3, 0.4) is 0 Å². The summed E-state index contributed by atoms with van der Waals surface area (Å²) in [5.41, 5.74) is 1.11. The van der Waals surface area contributed by atoms with Crippen LogP contribution in [0.2, 0.25) is 0 Å². The van der Waals surface area contributed by atoms with Gasteiger partial charge in [-0.3, -0.25) is 4.79 Å². The minimum Gasteiger partial charge on any atom is -0.495 e. The first kappa shape index (κ1) is 9.64. The van der Waals surface area contributed by atoms with Crippen molar-refractivity contribution in [2.75, 3.05) is 0 Å². The maximum atomic E-state index is 11.9. The molecule has 2 nitrogen and oxygen atoms in total. The van der Waals surface area contributed by atoms with Gasteiger partial charge in [0.15, 0.2) is 5.78 Å². The first-order chi connectivity index (χ1) is 7.75. The lowest BCUT2D eigenvalue weighted by atomic mass is 9.85. The highest BCUT2D eigenvalue weighted by Gasteiger charge is 2.43. The molecule has 0 saturated carbocycles. The van der Waals surface area contributed by atoms with Crippen molar-refractivity contribution >= 4 is 5.78 Å².